The first-order valence-corrected chi connectivity index (χ1v) is 11.8. The molecule has 4 bridgehead atoms. The van der Waals surface area contributed by atoms with Gasteiger partial charge in [-0.05, 0) is 75.3 Å². The first-order valence-electron chi connectivity index (χ1n) is 11.8. The minimum absolute atomic E-state index is 0.0399. The van der Waals surface area contributed by atoms with E-state index in [4.69, 9.17) is 4.74 Å². The summed E-state index contributed by atoms with van der Waals surface area (Å²) in [6, 6.07) is 7.48. The van der Waals surface area contributed by atoms with Crippen LogP contribution in [0.4, 0.5) is 5.69 Å². The molecule has 1 aromatic carbocycles. The molecule has 4 fully saturated rings. The number of anilines is 1. The number of amides is 3. The maximum atomic E-state index is 13.7. The standard InChI is InChI=1S/C25H35N3O4/c1-17-3-5-21(6-4-17)27-22(29)15-26-23(30)16-28(7-8-32-2)24(31)25-12-18-9-19(13-25)11-20(10-18)14-25/h3-6,18-20H,7-16H2,1-2H3,(H,26,30)(H,27,29). The fraction of sp³-hybridized carbons (Fsp3) is 0.640. The van der Waals surface area contributed by atoms with Gasteiger partial charge in [0.15, 0.2) is 0 Å². The number of methoxy groups -OCH3 is 1. The van der Waals surface area contributed by atoms with Crippen molar-refractivity contribution in [3.63, 3.8) is 0 Å². The fourth-order valence-corrected chi connectivity index (χ4v) is 6.41. The van der Waals surface area contributed by atoms with Gasteiger partial charge in [-0.1, -0.05) is 17.7 Å². The lowest BCUT2D eigenvalue weighted by Crippen LogP contribution is -2.56. The third kappa shape index (κ3) is 5.14. The Balaban J connectivity index is 1.33. The SMILES string of the molecule is COCCN(CC(=O)NCC(=O)Nc1ccc(C)cc1)C(=O)C12CC3CC(CC(C3)C1)C2. The van der Waals surface area contributed by atoms with Crippen LogP contribution in [-0.4, -0.2) is 56.0 Å². The molecule has 0 atom stereocenters. The molecule has 4 aliphatic rings. The minimum atomic E-state index is -0.321. The summed E-state index contributed by atoms with van der Waals surface area (Å²) in [7, 11) is 1.60. The molecule has 5 rings (SSSR count). The third-order valence-corrected chi connectivity index (χ3v) is 7.46. The van der Waals surface area contributed by atoms with Gasteiger partial charge in [-0.25, -0.2) is 0 Å². The molecule has 3 amide bonds. The van der Waals surface area contributed by atoms with Gasteiger partial charge < -0.3 is 20.3 Å². The smallest absolute Gasteiger partial charge is 0.243 e. The van der Waals surface area contributed by atoms with Crippen LogP contribution in [0.2, 0.25) is 0 Å². The second-order valence-electron chi connectivity index (χ2n) is 10.1. The van der Waals surface area contributed by atoms with Crippen LogP contribution in [-0.2, 0) is 19.1 Å². The second-order valence-corrected chi connectivity index (χ2v) is 10.1. The van der Waals surface area contributed by atoms with Gasteiger partial charge in [0, 0.05) is 19.3 Å². The van der Waals surface area contributed by atoms with Gasteiger partial charge in [0.25, 0.3) is 0 Å². The highest BCUT2D eigenvalue weighted by Gasteiger charge is 2.55. The summed E-state index contributed by atoms with van der Waals surface area (Å²) in [5.74, 6) is 1.47. The van der Waals surface area contributed by atoms with Crippen molar-refractivity contribution in [2.75, 3.05) is 38.7 Å². The highest BCUT2D eigenvalue weighted by molar-refractivity contribution is 5.95. The number of nitrogens with zero attached hydrogens (tertiary/aromatic N) is 1. The van der Waals surface area contributed by atoms with E-state index in [-0.39, 0.29) is 36.2 Å². The van der Waals surface area contributed by atoms with Crippen LogP contribution in [0.15, 0.2) is 24.3 Å². The summed E-state index contributed by atoms with van der Waals surface area (Å²) in [5.41, 5.74) is 1.50. The summed E-state index contributed by atoms with van der Waals surface area (Å²) in [6.07, 6.45) is 6.68. The van der Waals surface area contributed by atoms with Crippen molar-refractivity contribution >= 4 is 23.4 Å². The number of aryl methyl sites for hydroxylation is 1. The number of hydrogen-bond acceptors (Lipinski definition) is 4. The van der Waals surface area contributed by atoms with Crippen LogP contribution in [0, 0.1) is 30.1 Å². The molecular weight excluding hydrogens is 406 g/mol. The number of carbonyl (C=O) groups is 3. The zero-order valence-electron chi connectivity index (χ0n) is 19.2. The van der Waals surface area contributed by atoms with Gasteiger partial charge in [-0.3, -0.25) is 14.4 Å². The molecule has 7 nitrogen and oxygen atoms in total. The van der Waals surface area contributed by atoms with Gasteiger partial charge in [0.1, 0.15) is 0 Å². The Kier molecular flexibility index (Phi) is 6.84. The van der Waals surface area contributed by atoms with Crippen molar-refractivity contribution in [2.45, 2.75) is 45.4 Å². The van der Waals surface area contributed by atoms with E-state index in [1.165, 1.54) is 19.3 Å². The average molecular weight is 442 g/mol. The zero-order valence-corrected chi connectivity index (χ0v) is 19.2. The predicted molar refractivity (Wildman–Crippen MR) is 122 cm³/mol. The van der Waals surface area contributed by atoms with Crippen molar-refractivity contribution in [3.8, 4) is 0 Å². The summed E-state index contributed by atoms with van der Waals surface area (Å²) in [5, 5.41) is 5.43. The van der Waals surface area contributed by atoms with Gasteiger partial charge in [-0.2, -0.15) is 0 Å². The maximum Gasteiger partial charge on any atom is 0.243 e. The molecule has 4 aliphatic carbocycles. The molecule has 0 radical (unpaired) electrons. The van der Waals surface area contributed by atoms with Crippen LogP contribution < -0.4 is 10.6 Å². The Morgan fingerprint density at radius 2 is 1.59 bits per heavy atom. The highest BCUT2D eigenvalue weighted by Crippen LogP contribution is 2.60. The molecule has 0 heterocycles. The number of rotatable bonds is 9. The number of hydrogen-bond donors (Lipinski definition) is 2. The molecule has 0 saturated heterocycles. The summed E-state index contributed by atoms with van der Waals surface area (Å²) in [6.45, 7) is 2.59. The molecule has 174 valence electrons. The second kappa shape index (κ2) is 9.61. The Morgan fingerprint density at radius 1 is 1.00 bits per heavy atom. The van der Waals surface area contributed by atoms with Crippen molar-refractivity contribution < 1.29 is 19.1 Å². The van der Waals surface area contributed by atoms with Crippen molar-refractivity contribution in [1.82, 2.24) is 10.2 Å². The lowest BCUT2D eigenvalue weighted by atomic mass is 9.49. The zero-order chi connectivity index (χ0) is 22.7. The largest absolute Gasteiger partial charge is 0.383 e. The maximum absolute atomic E-state index is 13.7. The van der Waals surface area contributed by atoms with Crippen LogP contribution in [0.3, 0.4) is 0 Å². The fourth-order valence-electron chi connectivity index (χ4n) is 6.41. The molecule has 32 heavy (non-hydrogen) atoms. The van der Waals surface area contributed by atoms with Gasteiger partial charge in [0.05, 0.1) is 25.1 Å². The highest BCUT2D eigenvalue weighted by atomic mass is 16.5. The topological polar surface area (TPSA) is 87.7 Å². The first-order chi connectivity index (χ1) is 15.4. The minimum Gasteiger partial charge on any atom is -0.383 e. The van der Waals surface area contributed by atoms with E-state index in [0.29, 0.717) is 36.6 Å². The van der Waals surface area contributed by atoms with E-state index in [9.17, 15) is 14.4 Å². The van der Waals surface area contributed by atoms with Crippen molar-refractivity contribution in [1.29, 1.82) is 0 Å². The molecule has 4 saturated carbocycles. The molecule has 1 aromatic rings. The van der Waals surface area contributed by atoms with E-state index >= 15 is 0 Å². The molecule has 0 aliphatic heterocycles. The van der Waals surface area contributed by atoms with Gasteiger partial charge in [-0.15, -0.1) is 0 Å². The Bertz CT molecular complexity index is 816. The van der Waals surface area contributed by atoms with Crippen LogP contribution in [0.5, 0.6) is 0 Å². The van der Waals surface area contributed by atoms with E-state index in [2.05, 4.69) is 10.6 Å². The van der Waals surface area contributed by atoms with Crippen molar-refractivity contribution in [3.05, 3.63) is 29.8 Å². The summed E-state index contributed by atoms with van der Waals surface area (Å²) < 4.78 is 5.21. The average Bonchev–Trinajstić information content (AvgIpc) is 2.75. The third-order valence-electron chi connectivity index (χ3n) is 7.46. The first kappa shape index (κ1) is 22.8. The molecule has 0 spiro atoms. The molecule has 7 heteroatoms. The number of carbonyl (C=O) groups excluding carboxylic acids is 3. The number of benzene rings is 1. The lowest BCUT2D eigenvalue weighted by Gasteiger charge is -2.56. The Labute approximate surface area is 190 Å². The molecular formula is C25H35N3O4. The van der Waals surface area contributed by atoms with Gasteiger partial charge >= 0.3 is 0 Å². The van der Waals surface area contributed by atoms with Crippen molar-refractivity contribution in [2.24, 2.45) is 23.2 Å². The summed E-state index contributed by atoms with van der Waals surface area (Å²) >= 11 is 0. The quantitative estimate of drug-likeness (QED) is 0.617. The van der Waals surface area contributed by atoms with E-state index in [1.807, 2.05) is 31.2 Å². The lowest BCUT2D eigenvalue weighted by molar-refractivity contribution is -0.159. The normalized spacial score (nSPS) is 27.8. The van der Waals surface area contributed by atoms with E-state index in [0.717, 1.165) is 24.8 Å². The number of ether oxygens (including phenoxy) is 1. The summed E-state index contributed by atoms with van der Waals surface area (Å²) in [4.78, 5) is 40.1. The molecule has 0 unspecified atom stereocenters. The van der Waals surface area contributed by atoms with Crippen LogP contribution >= 0.6 is 0 Å². The van der Waals surface area contributed by atoms with Gasteiger partial charge in [0.2, 0.25) is 17.7 Å². The van der Waals surface area contributed by atoms with Crippen LogP contribution in [0.25, 0.3) is 0 Å². The molecule has 2 N–H and O–H groups in total. The van der Waals surface area contributed by atoms with E-state index < -0.39 is 0 Å². The number of nitrogens with one attached hydrogen (secondary N) is 2. The monoisotopic (exact) mass is 441 g/mol. The van der Waals surface area contributed by atoms with Crippen LogP contribution in [0.1, 0.15) is 44.1 Å². The Hall–Kier alpha value is -2.41. The molecule has 0 aromatic heterocycles. The van der Waals surface area contributed by atoms with E-state index in [1.54, 1.807) is 12.0 Å². The Morgan fingerprint density at radius 3 is 2.16 bits per heavy atom. The predicted octanol–water partition coefficient (Wildman–Crippen LogP) is 2.74.